The maximum Gasteiger partial charge on any atom is 0.414 e. The number of cyclic esters (lactones) is 1. The zero-order chi connectivity index (χ0) is 27.9. The van der Waals surface area contributed by atoms with Crippen LogP contribution in [0.2, 0.25) is 0 Å². The Morgan fingerprint density at radius 3 is 2.56 bits per heavy atom. The first-order valence-electron chi connectivity index (χ1n) is 12.5. The first-order valence-corrected chi connectivity index (χ1v) is 12.5. The lowest BCUT2D eigenvalue weighted by molar-refractivity contribution is -0.148. The van der Waals surface area contributed by atoms with Crippen LogP contribution in [0.4, 0.5) is 30.6 Å². The predicted molar refractivity (Wildman–Crippen MR) is 135 cm³/mol. The molecule has 0 saturated carbocycles. The molecule has 1 aromatic carbocycles. The molecular weight excluding hydrogens is 518 g/mol. The molecule has 1 unspecified atom stereocenters. The lowest BCUT2D eigenvalue weighted by atomic mass is 10.2. The van der Waals surface area contributed by atoms with Gasteiger partial charge >= 0.3 is 6.09 Å². The van der Waals surface area contributed by atoms with E-state index in [1.165, 1.54) is 31.6 Å². The van der Waals surface area contributed by atoms with Crippen LogP contribution >= 0.6 is 0 Å². The fraction of sp³-hybridized carbons (Fsp3) is 0.500. The third-order valence-electron chi connectivity index (χ3n) is 6.34. The Labute approximate surface area is 222 Å². The first-order chi connectivity index (χ1) is 18.5. The molecule has 39 heavy (non-hydrogen) atoms. The maximum atomic E-state index is 15.3. The van der Waals surface area contributed by atoms with Gasteiger partial charge in [-0.1, -0.05) is 5.21 Å². The summed E-state index contributed by atoms with van der Waals surface area (Å²) >= 11 is 0. The summed E-state index contributed by atoms with van der Waals surface area (Å²) in [5.74, 6) is -1.66. The van der Waals surface area contributed by atoms with E-state index in [1.54, 1.807) is 31.6 Å². The van der Waals surface area contributed by atoms with Crippen molar-refractivity contribution in [3.05, 3.63) is 52.7 Å². The number of aliphatic hydroxyl groups is 1. The molecule has 15 heteroatoms. The summed E-state index contributed by atoms with van der Waals surface area (Å²) in [7, 11) is 0. The van der Waals surface area contributed by atoms with Gasteiger partial charge in [-0.05, 0) is 20.8 Å². The topological polar surface area (TPSA) is 132 Å². The molecule has 0 radical (unpaired) electrons. The van der Waals surface area contributed by atoms with E-state index in [4.69, 9.17) is 9.47 Å². The molecule has 13 nitrogen and oxygen atoms in total. The molecule has 2 aromatic heterocycles. The number of anilines is 3. The number of benzene rings is 1. The number of hydrogen-bond donors (Lipinski definition) is 2. The van der Waals surface area contributed by atoms with Gasteiger partial charge in [0.05, 0.1) is 49.9 Å². The number of carbonyl (C=O) groups excluding carboxylic acids is 1. The molecule has 2 aliphatic rings. The van der Waals surface area contributed by atoms with E-state index in [1.807, 2.05) is 0 Å². The lowest BCUT2D eigenvalue weighted by Gasteiger charge is -2.25. The average molecular weight is 549 g/mol. The van der Waals surface area contributed by atoms with Gasteiger partial charge in [-0.15, -0.1) is 5.10 Å². The quantitative estimate of drug-likeness (QED) is 0.422. The van der Waals surface area contributed by atoms with Crippen LogP contribution in [-0.2, 0) is 29.1 Å². The van der Waals surface area contributed by atoms with Gasteiger partial charge in [-0.2, -0.15) is 0 Å². The highest BCUT2D eigenvalue weighted by atomic mass is 19.1. The molecule has 1 amide bonds. The third-order valence-corrected chi connectivity index (χ3v) is 6.34. The summed E-state index contributed by atoms with van der Waals surface area (Å²) in [5, 5.41) is 20.3. The SMILES string of the molecule is CC(C)(C)OC(O)Nc1cn2n(c1=O)CCN(c1c(F)cc(N3C[C@H](Cn4ccnn4)OC3=O)cc1F)CC2. The average Bonchev–Trinajstić information content (AvgIpc) is 3.50. The largest absolute Gasteiger partial charge is 0.442 e. The molecule has 5 rings (SSSR count). The summed E-state index contributed by atoms with van der Waals surface area (Å²) in [5.41, 5.74) is -1.06. The number of halogens is 2. The number of ether oxygens (including phenoxy) is 2. The fourth-order valence-electron chi connectivity index (χ4n) is 4.69. The van der Waals surface area contributed by atoms with Crippen molar-refractivity contribution in [1.29, 1.82) is 0 Å². The summed E-state index contributed by atoms with van der Waals surface area (Å²) in [4.78, 5) is 28.0. The normalized spacial score (nSPS) is 18.6. The molecule has 2 atom stereocenters. The Morgan fingerprint density at radius 1 is 1.18 bits per heavy atom. The summed E-state index contributed by atoms with van der Waals surface area (Å²) in [6, 6.07) is 2.21. The Hall–Kier alpha value is -3.98. The van der Waals surface area contributed by atoms with Crippen LogP contribution in [0.1, 0.15) is 20.8 Å². The van der Waals surface area contributed by atoms with Gasteiger partial charge in [0.1, 0.15) is 17.5 Å². The molecule has 0 bridgehead atoms. The summed E-state index contributed by atoms with van der Waals surface area (Å²) < 4.78 is 45.8. The van der Waals surface area contributed by atoms with Crippen LogP contribution in [0.5, 0.6) is 0 Å². The Bertz CT molecular complexity index is 1380. The van der Waals surface area contributed by atoms with Crippen molar-refractivity contribution in [2.75, 3.05) is 34.8 Å². The third kappa shape index (κ3) is 5.73. The van der Waals surface area contributed by atoms with Crippen molar-refractivity contribution in [2.24, 2.45) is 0 Å². The minimum Gasteiger partial charge on any atom is -0.442 e. The molecule has 3 aromatic rings. The van der Waals surface area contributed by atoms with Crippen LogP contribution in [0.15, 0.2) is 35.5 Å². The number of fused-ring (bicyclic) bond motifs is 1. The number of nitrogens with zero attached hydrogens (tertiary/aromatic N) is 7. The van der Waals surface area contributed by atoms with Gasteiger partial charge in [0, 0.05) is 31.4 Å². The number of aromatic nitrogens is 5. The number of rotatable bonds is 7. The number of hydrogen-bond acceptors (Lipinski definition) is 9. The van der Waals surface area contributed by atoms with Crippen molar-refractivity contribution < 1.29 is 28.2 Å². The van der Waals surface area contributed by atoms with Gasteiger partial charge in [0.15, 0.2) is 11.6 Å². The van der Waals surface area contributed by atoms with E-state index in [0.29, 0.717) is 0 Å². The molecule has 1 fully saturated rings. The second-order valence-electron chi connectivity index (χ2n) is 10.3. The van der Waals surface area contributed by atoms with E-state index in [2.05, 4.69) is 15.6 Å². The van der Waals surface area contributed by atoms with Gasteiger partial charge in [0.2, 0.25) is 6.41 Å². The number of aliphatic hydroxyl groups excluding tert-OH is 1. The van der Waals surface area contributed by atoms with Crippen LogP contribution in [-0.4, -0.2) is 73.3 Å². The Balaban J connectivity index is 1.27. The first kappa shape index (κ1) is 26.6. The van der Waals surface area contributed by atoms with Gasteiger partial charge in [-0.25, -0.2) is 22.9 Å². The van der Waals surface area contributed by atoms with Gasteiger partial charge in [0.25, 0.3) is 5.56 Å². The minimum absolute atomic E-state index is 0.0453. The van der Waals surface area contributed by atoms with E-state index in [0.717, 1.165) is 12.1 Å². The lowest BCUT2D eigenvalue weighted by Crippen LogP contribution is -2.34. The predicted octanol–water partition coefficient (Wildman–Crippen LogP) is 1.57. The van der Waals surface area contributed by atoms with Crippen LogP contribution in [0, 0.1) is 11.6 Å². The van der Waals surface area contributed by atoms with E-state index in [-0.39, 0.29) is 56.3 Å². The van der Waals surface area contributed by atoms with E-state index in [9.17, 15) is 14.7 Å². The van der Waals surface area contributed by atoms with Crippen LogP contribution < -0.4 is 20.7 Å². The molecule has 0 aliphatic carbocycles. The van der Waals surface area contributed by atoms with Crippen molar-refractivity contribution in [3.63, 3.8) is 0 Å². The second-order valence-corrected chi connectivity index (χ2v) is 10.3. The second kappa shape index (κ2) is 10.3. The number of amides is 1. The maximum absolute atomic E-state index is 15.3. The Morgan fingerprint density at radius 2 is 1.90 bits per heavy atom. The van der Waals surface area contributed by atoms with Crippen molar-refractivity contribution in [1.82, 2.24) is 24.4 Å². The molecule has 2 aliphatic heterocycles. The zero-order valence-electron chi connectivity index (χ0n) is 21.8. The Kier molecular flexibility index (Phi) is 7.03. The summed E-state index contributed by atoms with van der Waals surface area (Å²) in [6.45, 7) is 6.46. The highest BCUT2D eigenvalue weighted by Gasteiger charge is 2.34. The minimum atomic E-state index is -1.38. The molecule has 1 saturated heterocycles. The standard InChI is InChI=1S/C24H30F2N8O5/c1-24(2,3)39-22(36)28-19-14-32-8-6-30(7-9-34(32)21(19)35)20-17(25)10-15(11-18(20)26)33-13-16(38-23(33)37)12-31-5-4-27-29-31/h4-5,10-11,14,16,22,28,36H,6-9,12-13H2,1-3H3/t16-,22?/m0/s1. The van der Waals surface area contributed by atoms with Gasteiger partial charge < -0.3 is 24.8 Å². The fourth-order valence-corrected chi connectivity index (χ4v) is 4.69. The molecule has 4 heterocycles. The molecule has 2 N–H and O–H groups in total. The molecule has 210 valence electrons. The molecule has 0 spiro atoms. The van der Waals surface area contributed by atoms with Crippen LogP contribution in [0.25, 0.3) is 0 Å². The zero-order valence-corrected chi connectivity index (χ0v) is 21.8. The number of carbonyl (C=O) groups is 1. The smallest absolute Gasteiger partial charge is 0.414 e. The monoisotopic (exact) mass is 548 g/mol. The van der Waals surface area contributed by atoms with Crippen LogP contribution in [0.3, 0.4) is 0 Å². The van der Waals surface area contributed by atoms with E-state index >= 15 is 8.78 Å². The van der Waals surface area contributed by atoms with Gasteiger partial charge in [-0.3, -0.25) is 14.4 Å². The highest BCUT2D eigenvalue weighted by molar-refractivity contribution is 5.90. The van der Waals surface area contributed by atoms with Crippen molar-refractivity contribution in [2.45, 2.75) is 58.5 Å². The van der Waals surface area contributed by atoms with E-state index < -0.39 is 41.4 Å². The summed E-state index contributed by atoms with van der Waals surface area (Å²) in [6.07, 6.45) is 2.02. The molecular formula is C24H30F2N8O5. The number of nitrogens with one attached hydrogen (secondary N) is 1. The highest BCUT2D eigenvalue weighted by Crippen LogP contribution is 2.31. The van der Waals surface area contributed by atoms with Crippen molar-refractivity contribution in [3.8, 4) is 0 Å². The van der Waals surface area contributed by atoms with Crippen molar-refractivity contribution >= 4 is 23.2 Å².